The average Bonchev–Trinajstić information content (AvgIpc) is 3.09. The lowest BCUT2D eigenvalue weighted by molar-refractivity contribution is -0.120. The van der Waals surface area contributed by atoms with Crippen LogP contribution in [0.3, 0.4) is 0 Å². The number of carbonyl (C=O) groups is 2. The number of likely N-dealkylation sites (N-methyl/N-ethyl adjacent to an activating group) is 1. The summed E-state index contributed by atoms with van der Waals surface area (Å²) in [4.78, 5) is 30.5. The largest absolute Gasteiger partial charge is 0.493 e. The Kier molecular flexibility index (Phi) is 6.82. The van der Waals surface area contributed by atoms with Crippen molar-refractivity contribution in [3.63, 3.8) is 0 Å². The highest BCUT2D eigenvalue weighted by molar-refractivity contribution is 6.45. The molecular weight excluding hydrogens is 424 g/mol. The Labute approximate surface area is 201 Å². The molecule has 0 saturated carbocycles. The molecule has 0 fully saturated rings. The van der Waals surface area contributed by atoms with Gasteiger partial charge in [0, 0.05) is 13.6 Å². The Morgan fingerprint density at radius 3 is 2.12 bits per heavy atom. The zero-order chi connectivity index (χ0) is 24.2. The quantitative estimate of drug-likeness (QED) is 0.425. The Balaban J connectivity index is 1.69. The molecule has 0 saturated heterocycles. The van der Waals surface area contributed by atoms with Crippen LogP contribution in [0.4, 0.5) is 5.69 Å². The summed E-state index contributed by atoms with van der Waals surface area (Å²) in [6, 6.07) is 24.8. The number of aryl methyl sites for hydroxylation is 1. The second-order valence-corrected chi connectivity index (χ2v) is 9.08. The van der Waals surface area contributed by atoms with E-state index in [0.717, 1.165) is 16.7 Å². The van der Waals surface area contributed by atoms with Crippen LogP contribution in [0.15, 0.2) is 84.6 Å². The van der Waals surface area contributed by atoms with Gasteiger partial charge >= 0.3 is 0 Å². The predicted molar refractivity (Wildman–Crippen MR) is 135 cm³/mol. The van der Waals surface area contributed by atoms with Crippen LogP contribution in [0.2, 0.25) is 0 Å². The molecule has 0 aliphatic carbocycles. The topological polar surface area (TPSA) is 49.9 Å². The summed E-state index contributed by atoms with van der Waals surface area (Å²) in [7, 11) is 1.86. The normalized spacial score (nSPS) is 13.7. The van der Waals surface area contributed by atoms with E-state index in [9.17, 15) is 9.59 Å². The van der Waals surface area contributed by atoms with Gasteiger partial charge in [-0.15, -0.1) is 0 Å². The standard InChI is InChI=1S/C29H30N2O3/c1-20(2)19-34-25-16-14-24(15-17-25)31-28(32)26(23-12-10-21(3)11-13-23)27(29(31)33)30(4)18-22-8-6-5-7-9-22/h5-17,20H,18-19H2,1-4H3. The van der Waals surface area contributed by atoms with Crippen LogP contribution in [-0.2, 0) is 16.1 Å². The van der Waals surface area contributed by atoms with Gasteiger partial charge < -0.3 is 9.64 Å². The minimum absolute atomic E-state index is 0.320. The van der Waals surface area contributed by atoms with Gasteiger partial charge in [0.1, 0.15) is 11.4 Å². The molecule has 0 unspecified atom stereocenters. The summed E-state index contributed by atoms with van der Waals surface area (Å²) in [5, 5.41) is 0. The lowest BCUT2D eigenvalue weighted by Crippen LogP contribution is -2.34. The van der Waals surface area contributed by atoms with Crippen LogP contribution < -0.4 is 9.64 Å². The summed E-state index contributed by atoms with van der Waals surface area (Å²) in [6.07, 6.45) is 0. The third-order valence-corrected chi connectivity index (χ3v) is 5.72. The van der Waals surface area contributed by atoms with Gasteiger partial charge in [0.25, 0.3) is 11.8 Å². The third-order valence-electron chi connectivity index (χ3n) is 5.72. The van der Waals surface area contributed by atoms with Crippen molar-refractivity contribution in [2.75, 3.05) is 18.6 Å². The van der Waals surface area contributed by atoms with Crippen molar-refractivity contribution in [3.05, 3.63) is 101 Å². The monoisotopic (exact) mass is 454 g/mol. The molecule has 0 aromatic heterocycles. The fraction of sp³-hybridized carbons (Fsp3) is 0.241. The van der Waals surface area contributed by atoms with Gasteiger partial charge in [-0.1, -0.05) is 74.0 Å². The van der Waals surface area contributed by atoms with Gasteiger partial charge in [0.15, 0.2) is 0 Å². The molecule has 0 atom stereocenters. The number of rotatable bonds is 8. The lowest BCUT2D eigenvalue weighted by atomic mass is 10.0. The van der Waals surface area contributed by atoms with Gasteiger partial charge in [0.2, 0.25) is 0 Å². The van der Waals surface area contributed by atoms with E-state index in [1.165, 1.54) is 4.90 Å². The van der Waals surface area contributed by atoms with Gasteiger partial charge in [-0.2, -0.15) is 0 Å². The number of carbonyl (C=O) groups excluding carboxylic acids is 2. The fourth-order valence-corrected chi connectivity index (χ4v) is 3.98. The summed E-state index contributed by atoms with van der Waals surface area (Å²) < 4.78 is 5.76. The highest BCUT2D eigenvalue weighted by Crippen LogP contribution is 2.35. The number of anilines is 1. The Hall–Kier alpha value is -3.86. The first-order valence-electron chi connectivity index (χ1n) is 11.5. The molecule has 0 N–H and O–H groups in total. The first-order chi connectivity index (χ1) is 16.3. The Morgan fingerprint density at radius 1 is 0.853 bits per heavy atom. The molecule has 174 valence electrons. The molecule has 34 heavy (non-hydrogen) atoms. The summed E-state index contributed by atoms with van der Waals surface area (Å²) >= 11 is 0. The maximum absolute atomic E-state index is 13.7. The first kappa shape index (κ1) is 23.3. The summed E-state index contributed by atoms with van der Waals surface area (Å²) in [6.45, 7) is 7.29. The highest BCUT2D eigenvalue weighted by atomic mass is 16.5. The molecule has 5 nitrogen and oxygen atoms in total. The van der Waals surface area contributed by atoms with Crippen LogP contribution in [0.25, 0.3) is 5.57 Å². The number of nitrogens with zero attached hydrogens (tertiary/aromatic N) is 2. The van der Waals surface area contributed by atoms with Crippen molar-refractivity contribution in [2.24, 2.45) is 5.92 Å². The van der Waals surface area contributed by atoms with Crippen LogP contribution in [0.5, 0.6) is 5.75 Å². The van der Waals surface area contributed by atoms with E-state index < -0.39 is 0 Å². The van der Waals surface area contributed by atoms with Gasteiger partial charge in [-0.3, -0.25) is 9.59 Å². The number of hydrogen-bond acceptors (Lipinski definition) is 4. The fourth-order valence-electron chi connectivity index (χ4n) is 3.98. The van der Waals surface area contributed by atoms with Crippen LogP contribution in [0, 0.1) is 12.8 Å². The molecule has 4 rings (SSSR count). The number of amides is 2. The maximum Gasteiger partial charge on any atom is 0.282 e. The van der Waals surface area contributed by atoms with Crippen molar-refractivity contribution in [1.82, 2.24) is 4.90 Å². The van der Waals surface area contributed by atoms with Crippen molar-refractivity contribution < 1.29 is 14.3 Å². The van der Waals surface area contributed by atoms with Crippen LogP contribution in [-0.4, -0.2) is 30.4 Å². The van der Waals surface area contributed by atoms with Crippen molar-refractivity contribution in [2.45, 2.75) is 27.3 Å². The summed E-state index contributed by atoms with van der Waals surface area (Å²) in [5.74, 6) is 0.476. The molecule has 5 heteroatoms. The minimum atomic E-state index is -0.324. The van der Waals surface area contributed by atoms with Crippen molar-refractivity contribution >= 4 is 23.1 Å². The third kappa shape index (κ3) is 4.88. The van der Waals surface area contributed by atoms with E-state index in [1.54, 1.807) is 24.3 Å². The van der Waals surface area contributed by atoms with E-state index >= 15 is 0 Å². The van der Waals surface area contributed by atoms with E-state index in [1.807, 2.05) is 73.5 Å². The zero-order valence-corrected chi connectivity index (χ0v) is 20.1. The number of benzene rings is 3. The highest BCUT2D eigenvalue weighted by Gasteiger charge is 2.41. The smallest absolute Gasteiger partial charge is 0.282 e. The molecular formula is C29H30N2O3. The Morgan fingerprint density at radius 2 is 1.50 bits per heavy atom. The van der Waals surface area contributed by atoms with E-state index in [2.05, 4.69) is 13.8 Å². The van der Waals surface area contributed by atoms with E-state index in [-0.39, 0.29) is 11.8 Å². The Bertz CT molecular complexity index is 1200. The molecule has 1 aliphatic rings. The van der Waals surface area contributed by atoms with Crippen LogP contribution >= 0.6 is 0 Å². The van der Waals surface area contributed by atoms with Crippen LogP contribution in [0.1, 0.15) is 30.5 Å². The molecule has 3 aromatic carbocycles. The van der Waals surface area contributed by atoms with Crippen molar-refractivity contribution in [3.8, 4) is 5.75 Å². The SMILES string of the molecule is Cc1ccc(C2=C(N(C)Cc3ccccc3)C(=O)N(c3ccc(OCC(C)C)cc3)C2=O)cc1. The molecule has 0 bridgehead atoms. The zero-order valence-electron chi connectivity index (χ0n) is 20.1. The predicted octanol–water partition coefficient (Wildman–Crippen LogP) is 5.45. The molecule has 1 heterocycles. The summed E-state index contributed by atoms with van der Waals surface area (Å²) in [5.41, 5.74) is 4.24. The average molecular weight is 455 g/mol. The minimum Gasteiger partial charge on any atom is -0.493 e. The molecule has 0 radical (unpaired) electrons. The number of ether oxygens (including phenoxy) is 1. The molecule has 1 aliphatic heterocycles. The van der Waals surface area contributed by atoms with E-state index in [0.29, 0.717) is 41.8 Å². The van der Waals surface area contributed by atoms with E-state index in [4.69, 9.17) is 4.74 Å². The van der Waals surface area contributed by atoms with Crippen molar-refractivity contribution in [1.29, 1.82) is 0 Å². The van der Waals surface area contributed by atoms with Gasteiger partial charge in [-0.25, -0.2) is 4.90 Å². The molecule has 0 spiro atoms. The second kappa shape index (κ2) is 9.96. The first-order valence-corrected chi connectivity index (χ1v) is 11.5. The molecule has 3 aromatic rings. The molecule has 2 amide bonds. The number of hydrogen-bond donors (Lipinski definition) is 0. The lowest BCUT2D eigenvalue weighted by Gasteiger charge is -2.22. The van der Waals surface area contributed by atoms with Gasteiger partial charge in [0.05, 0.1) is 17.9 Å². The second-order valence-electron chi connectivity index (χ2n) is 9.08. The number of imide groups is 1. The van der Waals surface area contributed by atoms with Gasteiger partial charge in [-0.05, 0) is 48.2 Å². The maximum atomic E-state index is 13.7.